The van der Waals surface area contributed by atoms with Crippen LogP contribution in [0, 0.1) is 5.82 Å². The summed E-state index contributed by atoms with van der Waals surface area (Å²) in [7, 11) is 0. The van der Waals surface area contributed by atoms with E-state index >= 15 is 0 Å². The van der Waals surface area contributed by atoms with Crippen molar-refractivity contribution in [3.63, 3.8) is 0 Å². The first kappa shape index (κ1) is 21.4. The van der Waals surface area contributed by atoms with E-state index in [9.17, 15) is 18.8 Å². The highest BCUT2D eigenvalue weighted by Gasteiger charge is 2.30. The number of amides is 2. The Labute approximate surface area is 195 Å². The number of thiophene rings is 1. The van der Waals surface area contributed by atoms with Gasteiger partial charge in [0.1, 0.15) is 17.2 Å². The van der Waals surface area contributed by atoms with Crippen molar-refractivity contribution in [1.82, 2.24) is 9.97 Å². The minimum atomic E-state index is -0.596. The van der Waals surface area contributed by atoms with Crippen molar-refractivity contribution in [2.75, 3.05) is 16.8 Å². The van der Waals surface area contributed by atoms with Crippen molar-refractivity contribution in [3.05, 3.63) is 70.1 Å². The summed E-state index contributed by atoms with van der Waals surface area (Å²) in [6.45, 7) is 1.64. The Balaban J connectivity index is 1.42. The Morgan fingerprint density at radius 1 is 1.18 bits per heavy atom. The molecular formula is C23H17FN4O3S2. The van der Waals surface area contributed by atoms with E-state index in [0.717, 1.165) is 17.3 Å². The smallest absolute Gasteiger partial charge is 0.260 e. The molecule has 5 rings (SSSR count). The number of hydrogen-bond acceptors (Lipinski definition) is 6. The maximum atomic E-state index is 13.3. The highest BCUT2D eigenvalue weighted by Crippen LogP contribution is 2.34. The average molecular weight is 481 g/mol. The number of halogens is 1. The number of benzene rings is 2. The van der Waals surface area contributed by atoms with Gasteiger partial charge in [-0.15, -0.1) is 11.3 Å². The summed E-state index contributed by atoms with van der Waals surface area (Å²) in [5, 5.41) is 4.72. The molecule has 2 aromatic carbocycles. The molecule has 0 fully saturated rings. The van der Waals surface area contributed by atoms with E-state index in [1.54, 1.807) is 43.3 Å². The fourth-order valence-corrected chi connectivity index (χ4v) is 5.56. The summed E-state index contributed by atoms with van der Waals surface area (Å²) in [4.78, 5) is 47.3. The molecule has 2 amide bonds. The molecule has 1 atom stereocenters. The van der Waals surface area contributed by atoms with Crippen LogP contribution < -0.4 is 15.8 Å². The quantitative estimate of drug-likeness (QED) is 0.336. The number of fused-ring (bicyclic) bond motifs is 2. The molecule has 1 unspecified atom stereocenters. The molecule has 0 saturated carbocycles. The molecule has 2 aromatic heterocycles. The first-order chi connectivity index (χ1) is 15.9. The third kappa shape index (κ3) is 4.03. The summed E-state index contributed by atoms with van der Waals surface area (Å²) in [5.41, 5.74) is 2.29. The second-order valence-corrected chi connectivity index (χ2v) is 9.64. The van der Waals surface area contributed by atoms with Crippen LogP contribution >= 0.6 is 23.1 Å². The summed E-state index contributed by atoms with van der Waals surface area (Å²) in [6, 6.07) is 13.0. The van der Waals surface area contributed by atoms with Gasteiger partial charge in [-0.25, -0.2) is 9.37 Å². The number of anilines is 2. The number of aromatic nitrogens is 2. The summed E-state index contributed by atoms with van der Waals surface area (Å²) in [6.07, 6.45) is 0. The van der Waals surface area contributed by atoms with Gasteiger partial charge in [0.05, 0.1) is 22.0 Å². The first-order valence-electron chi connectivity index (χ1n) is 10.0. The number of nitrogens with zero attached hydrogens (tertiary/aromatic N) is 2. The zero-order valence-electron chi connectivity index (χ0n) is 17.3. The van der Waals surface area contributed by atoms with Gasteiger partial charge in [-0.05, 0) is 36.8 Å². The lowest BCUT2D eigenvalue weighted by Crippen LogP contribution is -2.45. The van der Waals surface area contributed by atoms with Gasteiger partial charge in [0.15, 0.2) is 5.16 Å². The minimum Gasteiger partial charge on any atom is -0.323 e. The van der Waals surface area contributed by atoms with Gasteiger partial charge in [0.25, 0.3) is 5.56 Å². The second kappa shape index (κ2) is 8.45. The third-order valence-corrected chi connectivity index (χ3v) is 7.09. The molecule has 0 radical (unpaired) electrons. The summed E-state index contributed by atoms with van der Waals surface area (Å²) >= 11 is 2.43. The lowest BCUT2D eigenvalue weighted by Gasteiger charge is -2.30. The van der Waals surface area contributed by atoms with Crippen molar-refractivity contribution >= 4 is 56.5 Å². The van der Waals surface area contributed by atoms with Gasteiger partial charge in [0, 0.05) is 10.9 Å². The summed E-state index contributed by atoms with van der Waals surface area (Å²) in [5.74, 6) is -0.876. The van der Waals surface area contributed by atoms with Crippen LogP contribution in [0.4, 0.5) is 15.8 Å². The van der Waals surface area contributed by atoms with E-state index in [2.05, 4.69) is 15.3 Å². The molecule has 3 heterocycles. The third-order valence-electron chi connectivity index (χ3n) is 5.25. The lowest BCUT2D eigenvalue weighted by atomic mass is 10.1. The second-order valence-electron chi connectivity index (χ2n) is 7.46. The number of carbonyl (C=O) groups excluding carboxylic acids is 2. The zero-order chi connectivity index (χ0) is 23.1. The summed E-state index contributed by atoms with van der Waals surface area (Å²) < 4.78 is 13.3. The number of nitrogens with one attached hydrogen (secondary N) is 2. The molecule has 166 valence electrons. The topological polar surface area (TPSA) is 95.2 Å². The normalized spacial score (nSPS) is 14.1. The Hall–Kier alpha value is -3.50. The van der Waals surface area contributed by atoms with Gasteiger partial charge in [-0.2, -0.15) is 0 Å². The van der Waals surface area contributed by atoms with Crippen LogP contribution in [-0.2, 0) is 9.59 Å². The minimum absolute atomic E-state index is 0.0737. The van der Waals surface area contributed by atoms with Crippen molar-refractivity contribution in [1.29, 1.82) is 0 Å². The van der Waals surface area contributed by atoms with Crippen LogP contribution in [0.15, 0.2) is 63.9 Å². The molecule has 0 bridgehead atoms. The molecule has 1 aliphatic rings. The average Bonchev–Trinajstić information content (AvgIpc) is 3.23. The van der Waals surface area contributed by atoms with E-state index in [1.165, 1.54) is 28.4 Å². The van der Waals surface area contributed by atoms with Crippen molar-refractivity contribution in [3.8, 4) is 11.1 Å². The molecule has 10 heteroatoms. The fourth-order valence-electron chi connectivity index (χ4n) is 3.69. The predicted molar refractivity (Wildman–Crippen MR) is 128 cm³/mol. The fraction of sp³-hybridized carbons (Fsp3) is 0.130. The first-order valence-corrected chi connectivity index (χ1v) is 11.8. The number of carbonyl (C=O) groups is 2. The monoisotopic (exact) mass is 480 g/mol. The van der Waals surface area contributed by atoms with E-state index in [0.29, 0.717) is 32.3 Å². The number of thioether (sulfide) groups is 1. The molecule has 4 aromatic rings. The van der Waals surface area contributed by atoms with Crippen LogP contribution in [-0.4, -0.2) is 33.6 Å². The highest BCUT2D eigenvalue weighted by molar-refractivity contribution is 8.00. The molecule has 7 nitrogen and oxygen atoms in total. The Kier molecular flexibility index (Phi) is 5.47. The number of H-pyrrole nitrogens is 1. The Morgan fingerprint density at radius 3 is 2.73 bits per heavy atom. The lowest BCUT2D eigenvalue weighted by molar-refractivity contribution is -0.121. The molecule has 0 spiro atoms. The van der Waals surface area contributed by atoms with Crippen molar-refractivity contribution < 1.29 is 14.0 Å². The number of rotatable bonds is 4. The van der Waals surface area contributed by atoms with Crippen LogP contribution in [0.1, 0.15) is 6.92 Å². The van der Waals surface area contributed by atoms with Crippen LogP contribution in [0.25, 0.3) is 21.3 Å². The van der Waals surface area contributed by atoms with Crippen molar-refractivity contribution in [2.45, 2.75) is 17.3 Å². The SMILES string of the molecule is CC(Sc1nc2scc(-c3ccc(F)cc3)c2c(=O)[nH]1)C(=O)N1CC(=O)Nc2ccccc21. The Bertz CT molecular complexity index is 1450. The predicted octanol–water partition coefficient (Wildman–Crippen LogP) is 4.26. The largest absolute Gasteiger partial charge is 0.323 e. The van der Waals surface area contributed by atoms with Crippen molar-refractivity contribution in [2.24, 2.45) is 0 Å². The van der Waals surface area contributed by atoms with Gasteiger partial charge in [-0.1, -0.05) is 36.0 Å². The number of para-hydroxylation sites is 2. The molecule has 33 heavy (non-hydrogen) atoms. The number of aromatic amines is 1. The Morgan fingerprint density at radius 2 is 1.94 bits per heavy atom. The number of hydrogen-bond donors (Lipinski definition) is 2. The van der Waals surface area contributed by atoms with E-state index in [4.69, 9.17) is 0 Å². The van der Waals surface area contributed by atoms with Crippen LogP contribution in [0.3, 0.4) is 0 Å². The van der Waals surface area contributed by atoms with Gasteiger partial charge in [0.2, 0.25) is 11.8 Å². The molecule has 1 aliphatic heterocycles. The standard InChI is InChI=1S/C23H17FN4O3S2/c1-12(22(31)28-10-18(29)25-16-4-2-3-5-17(16)28)33-23-26-20(30)19-15(11-32-21(19)27-23)13-6-8-14(24)9-7-13/h2-9,11-12H,10H2,1H3,(H,25,29)(H,26,27,30). The van der Waals surface area contributed by atoms with Crippen LogP contribution in [0.5, 0.6) is 0 Å². The molecular weight excluding hydrogens is 463 g/mol. The zero-order valence-corrected chi connectivity index (χ0v) is 18.9. The van der Waals surface area contributed by atoms with Gasteiger partial charge < -0.3 is 10.3 Å². The maximum absolute atomic E-state index is 13.3. The van der Waals surface area contributed by atoms with Gasteiger partial charge in [-0.3, -0.25) is 19.3 Å². The van der Waals surface area contributed by atoms with E-state index in [-0.39, 0.29) is 29.7 Å². The molecule has 0 saturated heterocycles. The molecule has 0 aliphatic carbocycles. The highest BCUT2D eigenvalue weighted by atomic mass is 32.2. The van der Waals surface area contributed by atoms with E-state index < -0.39 is 5.25 Å². The molecule has 2 N–H and O–H groups in total. The van der Waals surface area contributed by atoms with Gasteiger partial charge >= 0.3 is 0 Å². The van der Waals surface area contributed by atoms with E-state index in [1.807, 2.05) is 5.38 Å². The maximum Gasteiger partial charge on any atom is 0.260 e. The van der Waals surface area contributed by atoms with Crippen LogP contribution in [0.2, 0.25) is 0 Å².